The maximum absolute atomic E-state index is 15.0. The van der Waals surface area contributed by atoms with Gasteiger partial charge in [0.1, 0.15) is 16.5 Å². The van der Waals surface area contributed by atoms with Crippen molar-refractivity contribution in [3.63, 3.8) is 0 Å². The molecule has 32 heavy (non-hydrogen) atoms. The van der Waals surface area contributed by atoms with E-state index in [1.54, 1.807) is 29.8 Å². The Balaban J connectivity index is 1.26. The Hall–Kier alpha value is -3.33. The van der Waals surface area contributed by atoms with Gasteiger partial charge in [0.25, 0.3) is 0 Å². The standard InChI is InChI=1S/C23H21FN6OS/c24-17-13-16-19(30(15-1-2-15)7-4-21(16)31)14-20(17)28-8-10-29(11-9-28)23-26-5-3-18(27-23)22-25-6-12-32-22/h3-7,12-15H,1-2,8-11H2. The number of hydrogen-bond donors (Lipinski definition) is 0. The van der Waals surface area contributed by atoms with Crippen molar-refractivity contribution in [2.45, 2.75) is 18.9 Å². The fourth-order valence-electron chi connectivity index (χ4n) is 4.31. The lowest BCUT2D eigenvalue weighted by Crippen LogP contribution is -2.47. The van der Waals surface area contributed by atoms with E-state index in [0.29, 0.717) is 49.2 Å². The molecule has 2 aliphatic rings. The SMILES string of the molecule is O=c1ccn(C2CC2)c2cc(N3CCN(c4nccc(-c5nccs5)n4)CC3)c(F)cc12. The monoisotopic (exact) mass is 448 g/mol. The maximum Gasteiger partial charge on any atom is 0.226 e. The second kappa shape index (κ2) is 7.67. The van der Waals surface area contributed by atoms with E-state index in [0.717, 1.165) is 29.1 Å². The number of rotatable bonds is 4. The van der Waals surface area contributed by atoms with E-state index >= 15 is 4.39 Å². The first kappa shape index (κ1) is 19.4. The summed E-state index contributed by atoms with van der Waals surface area (Å²) in [5.41, 5.74) is 2.04. The third-order valence-corrected chi connectivity index (χ3v) is 6.93. The third-order valence-electron chi connectivity index (χ3n) is 6.13. The molecule has 7 nitrogen and oxygen atoms in total. The van der Waals surface area contributed by atoms with Crippen LogP contribution < -0.4 is 15.2 Å². The third kappa shape index (κ3) is 3.42. The predicted molar refractivity (Wildman–Crippen MR) is 124 cm³/mol. The Bertz CT molecular complexity index is 1340. The topological polar surface area (TPSA) is 67.2 Å². The summed E-state index contributed by atoms with van der Waals surface area (Å²) in [6.07, 6.45) is 7.56. The highest BCUT2D eigenvalue weighted by molar-refractivity contribution is 7.13. The number of anilines is 2. The molecule has 3 aromatic heterocycles. The molecule has 0 bridgehead atoms. The van der Waals surface area contributed by atoms with Crippen LogP contribution in [0.3, 0.4) is 0 Å². The number of pyridine rings is 1. The highest BCUT2D eigenvalue weighted by Crippen LogP contribution is 2.37. The molecule has 2 fully saturated rings. The number of piperazine rings is 1. The molecule has 4 heterocycles. The van der Waals surface area contributed by atoms with Gasteiger partial charge in [0.2, 0.25) is 5.95 Å². The van der Waals surface area contributed by atoms with Crippen molar-refractivity contribution < 1.29 is 4.39 Å². The first-order valence-electron chi connectivity index (χ1n) is 10.7. The maximum atomic E-state index is 15.0. The van der Waals surface area contributed by atoms with Gasteiger partial charge >= 0.3 is 0 Å². The van der Waals surface area contributed by atoms with Crippen molar-refractivity contribution in [1.29, 1.82) is 0 Å². The van der Waals surface area contributed by atoms with Crippen LogP contribution in [-0.4, -0.2) is 45.7 Å². The van der Waals surface area contributed by atoms with Crippen molar-refractivity contribution >= 4 is 33.9 Å². The number of aromatic nitrogens is 4. The summed E-state index contributed by atoms with van der Waals surface area (Å²) >= 11 is 1.55. The van der Waals surface area contributed by atoms with Gasteiger partial charge in [-0.3, -0.25) is 4.79 Å². The Morgan fingerprint density at radius 2 is 1.81 bits per heavy atom. The van der Waals surface area contributed by atoms with Gasteiger partial charge in [-0.05, 0) is 31.0 Å². The summed E-state index contributed by atoms with van der Waals surface area (Å²) in [6.45, 7) is 2.66. The van der Waals surface area contributed by atoms with Gasteiger partial charge in [-0.1, -0.05) is 0 Å². The zero-order chi connectivity index (χ0) is 21.7. The molecule has 1 aromatic carbocycles. The fourth-order valence-corrected chi connectivity index (χ4v) is 4.92. The predicted octanol–water partition coefficient (Wildman–Crippen LogP) is 3.72. The molecular formula is C23H21FN6OS. The zero-order valence-corrected chi connectivity index (χ0v) is 18.1. The van der Waals surface area contributed by atoms with Gasteiger partial charge < -0.3 is 14.4 Å². The van der Waals surface area contributed by atoms with E-state index in [1.165, 1.54) is 6.07 Å². The summed E-state index contributed by atoms with van der Waals surface area (Å²) in [4.78, 5) is 29.9. The zero-order valence-electron chi connectivity index (χ0n) is 17.3. The van der Waals surface area contributed by atoms with Crippen LogP contribution in [0.5, 0.6) is 0 Å². The second-order valence-corrected chi connectivity index (χ2v) is 9.09. The highest BCUT2D eigenvalue weighted by Gasteiger charge is 2.26. The Morgan fingerprint density at radius 3 is 2.56 bits per heavy atom. The Morgan fingerprint density at radius 1 is 1.00 bits per heavy atom. The molecule has 1 saturated carbocycles. The molecule has 0 N–H and O–H groups in total. The van der Waals surface area contributed by atoms with Gasteiger partial charge in [-0.2, -0.15) is 0 Å². The van der Waals surface area contributed by atoms with Crippen LogP contribution in [0.4, 0.5) is 16.0 Å². The Kier molecular flexibility index (Phi) is 4.64. The van der Waals surface area contributed by atoms with Crippen molar-refractivity contribution in [3.05, 3.63) is 64.3 Å². The van der Waals surface area contributed by atoms with E-state index in [1.807, 2.05) is 28.6 Å². The highest BCUT2D eigenvalue weighted by atomic mass is 32.1. The Labute approximate surface area is 187 Å². The summed E-state index contributed by atoms with van der Waals surface area (Å²) < 4.78 is 17.1. The summed E-state index contributed by atoms with van der Waals surface area (Å²) in [6, 6.07) is 7.06. The fraction of sp³-hybridized carbons (Fsp3) is 0.304. The molecular weight excluding hydrogens is 427 g/mol. The molecule has 6 rings (SSSR count). The number of fused-ring (bicyclic) bond motifs is 1. The first-order valence-corrected chi connectivity index (χ1v) is 11.6. The molecule has 0 spiro atoms. The van der Waals surface area contributed by atoms with Crippen LogP contribution in [0, 0.1) is 5.82 Å². The molecule has 162 valence electrons. The first-order chi connectivity index (χ1) is 15.7. The molecule has 1 saturated heterocycles. The van der Waals surface area contributed by atoms with E-state index < -0.39 is 0 Å². The van der Waals surface area contributed by atoms with E-state index in [-0.39, 0.29) is 11.2 Å². The minimum absolute atomic E-state index is 0.135. The van der Waals surface area contributed by atoms with Gasteiger partial charge in [0.05, 0.1) is 11.2 Å². The van der Waals surface area contributed by atoms with Crippen molar-refractivity contribution in [2.24, 2.45) is 0 Å². The lowest BCUT2D eigenvalue weighted by molar-refractivity contribution is 0.594. The average Bonchev–Trinajstić information content (AvgIpc) is 3.52. The average molecular weight is 449 g/mol. The molecule has 1 aliphatic heterocycles. The van der Waals surface area contributed by atoms with Crippen molar-refractivity contribution in [1.82, 2.24) is 19.5 Å². The minimum atomic E-state index is -0.349. The second-order valence-electron chi connectivity index (χ2n) is 8.19. The van der Waals surface area contributed by atoms with E-state index in [2.05, 4.69) is 24.4 Å². The largest absolute Gasteiger partial charge is 0.366 e. The molecule has 4 aromatic rings. The molecule has 0 radical (unpaired) electrons. The van der Waals surface area contributed by atoms with Gasteiger partial charge in [-0.15, -0.1) is 11.3 Å². The smallest absolute Gasteiger partial charge is 0.226 e. The number of thiazole rings is 1. The quantitative estimate of drug-likeness (QED) is 0.474. The van der Waals surface area contributed by atoms with Crippen LogP contribution in [0.2, 0.25) is 0 Å². The molecule has 0 amide bonds. The summed E-state index contributed by atoms with van der Waals surface area (Å²) in [5, 5.41) is 3.25. The number of hydrogen-bond acceptors (Lipinski definition) is 7. The molecule has 9 heteroatoms. The number of benzene rings is 1. The van der Waals surface area contributed by atoms with Gasteiger partial charge in [0, 0.05) is 67.6 Å². The summed E-state index contributed by atoms with van der Waals surface area (Å²) in [5.74, 6) is 0.317. The van der Waals surface area contributed by atoms with Gasteiger partial charge in [0.15, 0.2) is 5.43 Å². The number of halogens is 1. The number of nitrogens with zero attached hydrogens (tertiary/aromatic N) is 6. The van der Waals surface area contributed by atoms with Crippen LogP contribution >= 0.6 is 11.3 Å². The van der Waals surface area contributed by atoms with Crippen LogP contribution in [0.15, 0.2) is 53.0 Å². The van der Waals surface area contributed by atoms with Crippen molar-refractivity contribution in [3.8, 4) is 10.7 Å². The molecule has 0 unspecified atom stereocenters. The lowest BCUT2D eigenvalue weighted by atomic mass is 10.1. The van der Waals surface area contributed by atoms with Crippen LogP contribution in [0.25, 0.3) is 21.6 Å². The minimum Gasteiger partial charge on any atom is -0.366 e. The van der Waals surface area contributed by atoms with Crippen molar-refractivity contribution in [2.75, 3.05) is 36.0 Å². The van der Waals surface area contributed by atoms with E-state index in [9.17, 15) is 4.79 Å². The molecule has 0 atom stereocenters. The summed E-state index contributed by atoms with van der Waals surface area (Å²) in [7, 11) is 0. The molecule has 1 aliphatic carbocycles. The van der Waals surface area contributed by atoms with Gasteiger partial charge in [-0.25, -0.2) is 19.3 Å². The van der Waals surface area contributed by atoms with E-state index in [4.69, 9.17) is 0 Å². The van der Waals surface area contributed by atoms with Crippen LogP contribution in [-0.2, 0) is 0 Å². The lowest BCUT2D eigenvalue weighted by Gasteiger charge is -2.36. The van der Waals surface area contributed by atoms with Crippen LogP contribution in [0.1, 0.15) is 18.9 Å². The normalized spacial score (nSPS) is 16.7.